The van der Waals surface area contributed by atoms with Crippen molar-refractivity contribution in [2.75, 3.05) is 6.54 Å². The molecular weight excluding hydrogens is 386 g/mol. The maximum atomic E-state index is 12.5. The quantitative estimate of drug-likeness (QED) is 0.754. The average Bonchev–Trinajstić information content (AvgIpc) is 2.72. The Labute approximate surface area is 174 Å². The summed E-state index contributed by atoms with van der Waals surface area (Å²) >= 11 is 1.61. The highest BCUT2D eigenvalue weighted by atomic mass is 32.2. The molecule has 1 aliphatic carbocycles. The molecule has 0 saturated heterocycles. The maximum absolute atomic E-state index is 12.5. The molecular formula is C23H23NO4S. The lowest BCUT2D eigenvalue weighted by atomic mass is 9.81. The molecule has 2 aromatic rings. The molecule has 150 valence electrons. The Kier molecular flexibility index (Phi) is 5.74. The number of rotatable bonds is 5. The Morgan fingerprint density at radius 2 is 1.86 bits per heavy atom. The van der Waals surface area contributed by atoms with Crippen molar-refractivity contribution in [3.8, 4) is 0 Å². The molecule has 0 saturated carbocycles. The predicted molar refractivity (Wildman–Crippen MR) is 110 cm³/mol. The molecule has 2 atom stereocenters. The Balaban J connectivity index is 1.86. The highest BCUT2D eigenvalue weighted by Gasteiger charge is 2.51. The summed E-state index contributed by atoms with van der Waals surface area (Å²) in [5.74, 6) is -1.08. The number of carbonyl (C=O) groups excluding carboxylic acids is 2. The highest BCUT2D eigenvalue weighted by molar-refractivity contribution is 7.99. The first-order chi connectivity index (χ1) is 14.1. The number of hydrogen-bond donors (Lipinski definition) is 1. The average molecular weight is 410 g/mol. The minimum Gasteiger partial charge on any atom is -0.453 e. The summed E-state index contributed by atoms with van der Waals surface area (Å²) in [4.78, 5) is 26.8. The highest BCUT2D eigenvalue weighted by Crippen LogP contribution is 2.45. The molecule has 2 aromatic carbocycles. The van der Waals surface area contributed by atoms with Crippen LogP contribution in [0, 0.1) is 0 Å². The van der Waals surface area contributed by atoms with Gasteiger partial charge in [-0.1, -0.05) is 49.0 Å². The van der Waals surface area contributed by atoms with E-state index in [0.29, 0.717) is 13.0 Å². The van der Waals surface area contributed by atoms with Gasteiger partial charge in [0.2, 0.25) is 5.72 Å². The summed E-state index contributed by atoms with van der Waals surface area (Å²) in [6.07, 6.45) is 3.84. The number of esters is 2. The molecule has 1 N–H and O–H groups in total. The number of hydrogen-bond acceptors (Lipinski definition) is 6. The Morgan fingerprint density at radius 1 is 1.07 bits per heavy atom. The van der Waals surface area contributed by atoms with Crippen LogP contribution in [0.25, 0.3) is 0 Å². The minimum atomic E-state index is -1.21. The smallest absolute Gasteiger partial charge is 0.333 e. The second kappa shape index (κ2) is 8.43. The van der Waals surface area contributed by atoms with Crippen LogP contribution >= 0.6 is 11.8 Å². The van der Waals surface area contributed by atoms with Crippen LogP contribution in [0.5, 0.6) is 0 Å². The third kappa shape index (κ3) is 3.95. The molecule has 0 spiro atoms. The molecule has 0 bridgehead atoms. The van der Waals surface area contributed by atoms with E-state index < -0.39 is 23.8 Å². The lowest BCUT2D eigenvalue weighted by Crippen LogP contribution is -2.59. The van der Waals surface area contributed by atoms with Crippen LogP contribution in [0.15, 0.2) is 70.5 Å². The predicted octanol–water partition coefficient (Wildman–Crippen LogP) is 3.96. The third-order valence-corrected chi connectivity index (χ3v) is 6.17. The summed E-state index contributed by atoms with van der Waals surface area (Å²) in [6.45, 7) is 2.67. The van der Waals surface area contributed by atoms with Gasteiger partial charge in [-0.25, -0.2) is 9.59 Å². The molecule has 0 radical (unpaired) electrons. The van der Waals surface area contributed by atoms with Crippen molar-refractivity contribution in [2.45, 2.75) is 47.8 Å². The number of carbonyl (C=O) groups is 2. The zero-order valence-corrected chi connectivity index (χ0v) is 17.0. The van der Waals surface area contributed by atoms with Crippen molar-refractivity contribution < 1.29 is 19.1 Å². The van der Waals surface area contributed by atoms with Crippen molar-refractivity contribution in [1.29, 1.82) is 0 Å². The van der Waals surface area contributed by atoms with Crippen molar-refractivity contribution in [2.24, 2.45) is 0 Å². The van der Waals surface area contributed by atoms with E-state index in [2.05, 4.69) is 11.4 Å². The monoisotopic (exact) mass is 409 g/mol. The zero-order chi connectivity index (χ0) is 20.3. The molecule has 2 unspecified atom stereocenters. The van der Waals surface area contributed by atoms with Crippen LogP contribution in [0.3, 0.4) is 0 Å². The van der Waals surface area contributed by atoms with Gasteiger partial charge in [-0.3, -0.25) is 5.32 Å². The van der Waals surface area contributed by atoms with Crippen LogP contribution < -0.4 is 5.32 Å². The van der Waals surface area contributed by atoms with E-state index >= 15 is 0 Å². The van der Waals surface area contributed by atoms with E-state index in [1.807, 2.05) is 49.4 Å². The summed E-state index contributed by atoms with van der Waals surface area (Å²) in [5, 5.41) is 3.42. The summed E-state index contributed by atoms with van der Waals surface area (Å²) in [7, 11) is 0. The molecule has 0 amide bonds. The Bertz CT molecular complexity index is 943. The molecule has 29 heavy (non-hydrogen) atoms. The fourth-order valence-electron chi connectivity index (χ4n) is 3.87. The van der Waals surface area contributed by atoms with E-state index in [1.54, 1.807) is 11.8 Å². The first-order valence-electron chi connectivity index (χ1n) is 9.84. The Morgan fingerprint density at radius 3 is 2.66 bits per heavy atom. The van der Waals surface area contributed by atoms with E-state index in [4.69, 9.17) is 9.47 Å². The first-order valence-corrected chi connectivity index (χ1v) is 10.7. The molecule has 2 aliphatic rings. The Hall–Kier alpha value is -2.57. The fourth-order valence-corrected chi connectivity index (χ4v) is 4.95. The van der Waals surface area contributed by atoms with Gasteiger partial charge in [-0.2, -0.15) is 0 Å². The molecule has 0 aromatic heterocycles. The number of benzene rings is 2. The second-order valence-electron chi connectivity index (χ2n) is 7.09. The standard InChI is InChI=1S/C23H23NO4S/c1-2-15-24-23-19(27-20(25)13-14-21(26)28-23)12-11-16-7-6-10-18(22(16)23)29-17-8-4-3-5-9-17/h3-10,13-14,19,24H,2,11-12,15H2,1H3/b14-13-. The second-order valence-corrected chi connectivity index (χ2v) is 8.20. The number of aryl methyl sites for hydroxylation is 1. The molecule has 1 heterocycles. The van der Waals surface area contributed by atoms with Crippen LogP contribution in [-0.4, -0.2) is 24.6 Å². The number of ether oxygens (including phenoxy) is 2. The van der Waals surface area contributed by atoms with Crippen LogP contribution in [-0.2, 0) is 31.2 Å². The SMILES string of the molecule is CCCNC12OC(=O)/C=C\C(=O)OC1CCc1cccc(Sc3ccccc3)c12. The summed E-state index contributed by atoms with van der Waals surface area (Å²) in [6, 6.07) is 16.2. The van der Waals surface area contributed by atoms with Gasteiger partial charge in [0.15, 0.2) is 6.10 Å². The van der Waals surface area contributed by atoms with Gasteiger partial charge in [-0.15, -0.1) is 0 Å². The van der Waals surface area contributed by atoms with Gasteiger partial charge >= 0.3 is 11.9 Å². The van der Waals surface area contributed by atoms with Crippen LogP contribution in [0.1, 0.15) is 30.9 Å². The first kappa shape index (κ1) is 19.7. The van der Waals surface area contributed by atoms with Crippen molar-refractivity contribution in [3.63, 3.8) is 0 Å². The topological polar surface area (TPSA) is 64.6 Å². The van der Waals surface area contributed by atoms with Gasteiger partial charge in [0.1, 0.15) is 0 Å². The van der Waals surface area contributed by atoms with Crippen molar-refractivity contribution in [1.82, 2.24) is 5.32 Å². The number of nitrogens with one attached hydrogen (secondary N) is 1. The van der Waals surface area contributed by atoms with Crippen LogP contribution in [0.2, 0.25) is 0 Å². The zero-order valence-electron chi connectivity index (χ0n) is 16.2. The van der Waals surface area contributed by atoms with Gasteiger partial charge in [0.05, 0.1) is 0 Å². The van der Waals surface area contributed by atoms with Gasteiger partial charge in [0, 0.05) is 27.5 Å². The van der Waals surface area contributed by atoms with E-state index in [1.165, 1.54) is 0 Å². The lowest BCUT2D eigenvalue weighted by molar-refractivity contribution is -0.196. The van der Waals surface area contributed by atoms with E-state index in [-0.39, 0.29) is 0 Å². The normalized spacial score (nSPS) is 24.4. The van der Waals surface area contributed by atoms with Gasteiger partial charge < -0.3 is 9.47 Å². The third-order valence-electron chi connectivity index (χ3n) is 5.10. The summed E-state index contributed by atoms with van der Waals surface area (Å²) < 4.78 is 11.7. The molecule has 4 rings (SSSR count). The van der Waals surface area contributed by atoms with Crippen molar-refractivity contribution >= 4 is 23.7 Å². The van der Waals surface area contributed by atoms with E-state index in [9.17, 15) is 9.59 Å². The maximum Gasteiger partial charge on any atom is 0.333 e. The summed E-state index contributed by atoms with van der Waals surface area (Å²) in [5.41, 5.74) is 0.772. The molecule has 6 heteroatoms. The largest absolute Gasteiger partial charge is 0.453 e. The molecule has 1 aliphatic heterocycles. The molecule has 5 nitrogen and oxygen atoms in total. The van der Waals surface area contributed by atoms with Crippen molar-refractivity contribution in [3.05, 3.63) is 71.8 Å². The van der Waals surface area contributed by atoms with E-state index in [0.717, 1.165) is 45.9 Å². The minimum absolute atomic E-state index is 0.522. The van der Waals surface area contributed by atoms with Crippen LogP contribution in [0.4, 0.5) is 0 Å². The fraction of sp³-hybridized carbons (Fsp3) is 0.304. The lowest BCUT2D eigenvalue weighted by Gasteiger charge is -2.45. The number of fused-ring (bicyclic) bond motifs is 3. The van der Waals surface area contributed by atoms with Gasteiger partial charge in [0.25, 0.3) is 0 Å². The molecule has 0 fully saturated rings. The van der Waals surface area contributed by atoms with Gasteiger partial charge in [-0.05, 0) is 49.6 Å².